The zero-order valence-electron chi connectivity index (χ0n) is 12.6. The van der Waals surface area contributed by atoms with Gasteiger partial charge in [-0.15, -0.1) is 0 Å². The van der Waals surface area contributed by atoms with Crippen molar-refractivity contribution in [3.05, 3.63) is 10.4 Å². The van der Waals surface area contributed by atoms with Gasteiger partial charge in [0.25, 0.3) is 0 Å². The lowest BCUT2D eigenvalue weighted by atomic mass is 10.1. The normalized spacial score (nSPS) is 32.4. The molecule has 2 heterocycles. The summed E-state index contributed by atoms with van der Waals surface area (Å²) < 4.78 is 0. The molecule has 24 heavy (non-hydrogen) atoms. The number of hydroxylamine groups is 2. The molecule has 2 amide bonds. The Hall–Kier alpha value is -1.46. The SMILES string of the molecule is O=C1C(CCC2C(=O)N(CO)N(CO)[NH+]2[O-])[NH+]([O-])N(CO)N1CO. The zero-order valence-corrected chi connectivity index (χ0v) is 12.6. The van der Waals surface area contributed by atoms with Crippen molar-refractivity contribution in [1.29, 1.82) is 0 Å². The molecule has 2 fully saturated rings. The highest BCUT2D eigenvalue weighted by Crippen LogP contribution is 2.12. The molecule has 4 atom stereocenters. The van der Waals surface area contributed by atoms with E-state index < -0.39 is 61.2 Å². The molecule has 6 N–H and O–H groups in total. The lowest BCUT2D eigenvalue weighted by molar-refractivity contribution is -1.00. The lowest BCUT2D eigenvalue weighted by Gasteiger charge is -2.31. The van der Waals surface area contributed by atoms with E-state index in [1.165, 1.54) is 0 Å². The van der Waals surface area contributed by atoms with Crippen LogP contribution in [0.1, 0.15) is 12.8 Å². The Kier molecular flexibility index (Phi) is 5.99. The third-order valence-electron chi connectivity index (χ3n) is 4.07. The number of rotatable bonds is 7. The molecular weight excluding hydrogens is 332 g/mol. The maximum atomic E-state index is 12.0. The number of nitrogens with one attached hydrogen (secondary N) is 2. The summed E-state index contributed by atoms with van der Waals surface area (Å²) in [6.07, 6.45) is -0.323. The summed E-state index contributed by atoms with van der Waals surface area (Å²) >= 11 is 0. The van der Waals surface area contributed by atoms with Crippen LogP contribution in [0.5, 0.6) is 0 Å². The fourth-order valence-electron chi connectivity index (χ4n) is 2.82. The van der Waals surface area contributed by atoms with Crippen molar-refractivity contribution in [3.63, 3.8) is 0 Å². The van der Waals surface area contributed by atoms with Gasteiger partial charge in [-0.2, -0.15) is 10.0 Å². The van der Waals surface area contributed by atoms with Gasteiger partial charge in [-0.1, -0.05) is 0 Å². The summed E-state index contributed by atoms with van der Waals surface area (Å²) in [5.74, 6) is -1.49. The van der Waals surface area contributed by atoms with Crippen molar-refractivity contribution < 1.29 is 40.4 Å². The molecule has 0 aromatic heterocycles. The average Bonchev–Trinajstić information content (AvgIpc) is 2.95. The number of aliphatic hydroxyl groups is 4. The molecule has 2 aliphatic rings. The minimum Gasteiger partial charge on any atom is -0.611 e. The van der Waals surface area contributed by atoms with E-state index in [0.29, 0.717) is 20.3 Å². The van der Waals surface area contributed by atoms with Gasteiger partial charge in [-0.25, -0.2) is 0 Å². The molecule has 0 saturated carbocycles. The van der Waals surface area contributed by atoms with E-state index in [4.69, 9.17) is 20.4 Å². The number of hydrazine groups is 2. The molecule has 138 valence electrons. The Morgan fingerprint density at radius 3 is 1.29 bits per heavy atom. The van der Waals surface area contributed by atoms with Gasteiger partial charge in [-0.05, 0) is 10.2 Å². The van der Waals surface area contributed by atoms with E-state index in [1.54, 1.807) is 0 Å². The highest BCUT2D eigenvalue weighted by atomic mass is 16.6. The van der Waals surface area contributed by atoms with Crippen LogP contribution in [0, 0.1) is 10.4 Å². The van der Waals surface area contributed by atoms with Gasteiger partial charge in [0.2, 0.25) is 0 Å². The van der Waals surface area contributed by atoms with Gasteiger partial charge in [0.1, 0.15) is 13.5 Å². The Balaban J connectivity index is 2.05. The Labute approximate surface area is 135 Å². The number of carbonyl (C=O) groups excluding carboxylic acids is 2. The number of aliphatic hydroxyl groups excluding tert-OH is 4. The minimum atomic E-state index is -1.23. The molecule has 0 spiro atoms. The van der Waals surface area contributed by atoms with Crippen LogP contribution in [0.2, 0.25) is 0 Å². The first-order valence-corrected chi connectivity index (χ1v) is 7.11. The van der Waals surface area contributed by atoms with Crippen LogP contribution in [-0.2, 0) is 9.59 Å². The predicted molar refractivity (Wildman–Crippen MR) is 71.2 cm³/mol. The Morgan fingerprint density at radius 2 is 1.08 bits per heavy atom. The maximum Gasteiger partial charge on any atom is 0.303 e. The van der Waals surface area contributed by atoms with Crippen LogP contribution in [0.3, 0.4) is 0 Å². The van der Waals surface area contributed by atoms with E-state index in [9.17, 15) is 20.0 Å². The maximum absolute atomic E-state index is 12.0. The summed E-state index contributed by atoms with van der Waals surface area (Å²) in [4.78, 5) is 24.1. The number of carbonyl (C=O) groups is 2. The second kappa shape index (κ2) is 7.62. The van der Waals surface area contributed by atoms with Gasteiger partial charge >= 0.3 is 11.8 Å². The van der Waals surface area contributed by atoms with Crippen molar-refractivity contribution in [2.24, 2.45) is 0 Å². The van der Waals surface area contributed by atoms with Gasteiger partial charge in [0, 0.05) is 12.8 Å². The molecule has 2 saturated heterocycles. The lowest BCUT2D eigenvalue weighted by Crippen LogP contribution is -3.16. The first kappa shape index (κ1) is 18.9. The van der Waals surface area contributed by atoms with Crippen molar-refractivity contribution >= 4 is 11.8 Å². The number of nitrogens with zero attached hydrogens (tertiary/aromatic N) is 4. The van der Waals surface area contributed by atoms with E-state index >= 15 is 0 Å². The average molecular weight is 352 g/mol. The molecule has 14 nitrogen and oxygen atoms in total. The van der Waals surface area contributed by atoms with Crippen molar-refractivity contribution in [2.75, 3.05) is 26.9 Å². The second-order valence-electron chi connectivity index (χ2n) is 5.20. The highest BCUT2D eigenvalue weighted by molar-refractivity contribution is 5.82. The van der Waals surface area contributed by atoms with Gasteiger partial charge in [0.05, 0.1) is 0 Å². The summed E-state index contributed by atoms with van der Waals surface area (Å²) in [5.41, 5.74) is 0. The first-order chi connectivity index (χ1) is 11.4. The number of hydrogen-bond donors (Lipinski definition) is 6. The second-order valence-corrected chi connectivity index (χ2v) is 5.20. The molecule has 2 aliphatic heterocycles. The summed E-state index contributed by atoms with van der Waals surface area (Å²) in [6, 6.07) is -2.45. The van der Waals surface area contributed by atoms with E-state index in [1.807, 2.05) is 0 Å². The number of quaternary nitrogens is 2. The van der Waals surface area contributed by atoms with E-state index in [0.717, 1.165) is 0 Å². The van der Waals surface area contributed by atoms with Gasteiger partial charge in [-0.3, -0.25) is 19.9 Å². The molecule has 0 aromatic rings. The molecule has 0 bridgehead atoms. The third-order valence-corrected chi connectivity index (χ3v) is 4.07. The summed E-state index contributed by atoms with van der Waals surface area (Å²) in [6.45, 7) is -3.17. The number of amides is 2. The van der Waals surface area contributed by atoms with Crippen LogP contribution < -0.4 is 10.3 Å². The minimum absolute atomic E-state index is 0.161. The Morgan fingerprint density at radius 1 is 0.750 bits per heavy atom. The molecule has 14 heteroatoms. The predicted octanol–water partition coefficient (Wildman–Crippen LogP) is -6.98. The Bertz CT molecular complexity index is 440. The van der Waals surface area contributed by atoms with Crippen LogP contribution in [-0.4, -0.2) is 91.5 Å². The van der Waals surface area contributed by atoms with Crippen LogP contribution in [0.25, 0.3) is 0 Å². The molecule has 2 rings (SSSR count). The standard InChI is InChI=1S/C10H20N6O8/c17-3-11-9(21)7(15(23)13(11)5-19)1-2-8-10(22)12(4-18)14(6-20)16(8)24/h7-8,15-20H,1-6H2. The highest BCUT2D eigenvalue weighted by Gasteiger charge is 2.49. The molecular formula is C10H20N6O8. The van der Waals surface area contributed by atoms with Crippen molar-refractivity contribution in [3.8, 4) is 0 Å². The third kappa shape index (κ3) is 2.95. The monoisotopic (exact) mass is 352 g/mol. The van der Waals surface area contributed by atoms with Gasteiger partial charge < -0.3 is 30.8 Å². The quantitative estimate of drug-likeness (QED) is 0.241. The summed E-state index contributed by atoms with van der Waals surface area (Å²) in [5, 5.41) is 61.7. The van der Waals surface area contributed by atoms with Crippen LogP contribution >= 0.6 is 0 Å². The fourth-order valence-corrected chi connectivity index (χ4v) is 2.82. The molecule has 4 unspecified atom stereocenters. The van der Waals surface area contributed by atoms with E-state index in [2.05, 4.69) is 0 Å². The van der Waals surface area contributed by atoms with Gasteiger partial charge in [0.15, 0.2) is 25.5 Å². The van der Waals surface area contributed by atoms with Crippen molar-refractivity contribution in [1.82, 2.24) is 20.3 Å². The zero-order chi connectivity index (χ0) is 18.0. The van der Waals surface area contributed by atoms with E-state index in [-0.39, 0.29) is 12.8 Å². The first-order valence-electron chi connectivity index (χ1n) is 7.11. The number of hydrogen-bond acceptors (Lipinski definition) is 10. The largest absolute Gasteiger partial charge is 0.611 e. The van der Waals surface area contributed by atoms with Crippen LogP contribution in [0.15, 0.2) is 0 Å². The van der Waals surface area contributed by atoms with Crippen molar-refractivity contribution in [2.45, 2.75) is 24.9 Å². The molecule has 0 radical (unpaired) electrons. The topological polar surface area (TPSA) is 183 Å². The van der Waals surface area contributed by atoms with Crippen LogP contribution in [0.4, 0.5) is 0 Å². The molecule has 0 aromatic carbocycles. The molecule has 0 aliphatic carbocycles. The smallest absolute Gasteiger partial charge is 0.303 e. The fraction of sp³-hybridized carbons (Fsp3) is 0.800. The summed E-state index contributed by atoms with van der Waals surface area (Å²) in [7, 11) is 0.